The molecule has 1 amide bonds. The van der Waals surface area contributed by atoms with Gasteiger partial charge in [-0.05, 0) is 36.0 Å². The van der Waals surface area contributed by atoms with E-state index < -0.39 is 0 Å². The molecule has 1 fully saturated rings. The third-order valence-electron chi connectivity index (χ3n) is 4.22. The predicted octanol–water partition coefficient (Wildman–Crippen LogP) is 2.01. The van der Waals surface area contributed by atoms with Crippen molar-refractivity contribution in [2.45, 2.75) is 31.7 Å². The van der Waals surface area contributed by atoms with Crippen LogP contribution in [0.2, 0.25) is 0 Å². The van der Waals surface area contributed by atoms with Crippen molar-refractivity contribution in [3.8, 4) is 0 Å². The summed E-state index contributed by atoms with van der Waals surface area (Å²) in [5.74, 6) is 0.817. The van der Waals surface area contributed by atoms with Gasteiger partial charge in [0.15, 0.2) is 0 Å². The van der Waals surface area contributed by atoms with Crippen molar-refractivity contribution < 1.29 is 4.79 Å². The molecule has 1 atom stereocenters. The number of carbonyl (C=O) groups is 1. The van der Waals surface area contributed by atoms with Crippen molar-refractivity contribution in [3.63, 3.8) is 0 Å². The number of rotatable bonds is 2. The number of amides is 1. The van der Waals surface area contributed by atoms with Gasteiger partial charge in [-0.25, -0.2) is 0 Å². The van der Waals surface area contributed by atoms with E-state index in [2.05, 4.69) is 12.1 Å². The number of benzene rings is 1. The SMILES string of the molecule is CN1C(=O)Cc2cc(C(N)C3CCC3)ccc21. The second-order valence-corrected chi connectivity index (χ2v) is 5.23. The first kappa shape index (κ1) is 10.8. The summed E-state index contributed by atoms with van der Waals surface area (Å²) >= 11 is 0. The standard InChI is InChI=1S/C14H18N2O/c1-16-12-6-5-10(7-11(12)8-13(16)17)14(15)9-3-2-4-9/h5-7,9,14H,2-4,8,15H2,1H3. The fourth-order valence-corrected chi connectivity index (χ4v) is 2.77. The van der Waals surface area contributed by atoms with Crippen LogP contribution in [0, 0.1) is 5.92 Å². The molecular weight excluding hydrogens is 212 g/mol. The Morgan fingerprint density at radius 2 is 2.18 bits per heavy atom. The summed E-state index contributed by atoms with van der Waals surface area (Å²) in [4.78, 5) is 13.3. The van der Waals surface area contributed by atoms with Crippen LogP contribution in [0.5, 0.6) is 0 Å². The first-order valence-corrected chi connectivity index (χ1v) is 6.32. The maximum atomic E-state index is 11.6. The highest BCUT2D eigenvalue weighted by atomic mass is 16.2. The molecule has 0 saturated heterocycles. The third-order valence-corrected chi connectivity index (χ3v) is 4.22. The lowest BCUT2D eigenvalue weighted by Crippen LogP contribution is -2.26. The Morgan fingerprint density at radius 1 is 1.41 bits per heavy atom. The van der Waals surface area contributed by atoms with Crippen LogP contribution in [-0.2, 0) is 11.2 Å². The molecule has 1 aliphatic carbocycles. The van der Waals surface area contributed by atoms with Gasteiger partial charge in [0.25, 0.3) is 0 Å². The molecule has 90 valence electrons. The molecule has 1 heterocycles. The van der Waals surface area contributed by atoms with E-state index in [9.17, 15) is 4.79 Å². The van der Waals surface area contributed by atoms with E-state index in [1.54, 1.807) is 4.90 Å². The van der Waals surface area contributed by atoms with Gasteiger partial charge >= 0.3 is 0 Å². The molecule has 0 spiro atoms. The second kappa shape index (κ2) is 3.84. The molecule has 1 saturated carbocycles. The van der Waals surface area contributed by atoms with Gasteiger partial charge in [-0.15, -0.1) is 0 Å². The molecule has 1 aromatic rings. The van der Waals surface area contributed by atoms with Gasteiger partial charge in [-0.1, -0.05) is 18.6 Å². The summed E-state index contributed by atoms with van der Waals surface area (Å²) in [7, 11) is 1.83. The first-order valence-electron chi connectivity index (χ1n) is 6.32. The zero-order valence-electron chi connectivity index (χ0n) is 10.1. The maximum absolute atomic E-state index is 11.6. The second-order valence-electron chi connectivity index (χ2n) is 5.23. The predicted molar refractivity (Wildman–Crippen MR) is 67.8 cm³/mol. The fraction of sp³-hybridized carbons (Fsp3) is 0.500. The minimum atomic E-state index is 0.148. The molecule has 1 aliphatic heterocycles. The lowest BCUT2D eigenvalue weighted by atomic mass is 9.77. The molecule has 1 unspecified atom stereocenters. The van der Waals surface area contributed by atoms with Crippen molar-refractivity contribution in [3.05, 3.63) is 29.3 Å². The van der Waals surface area contributed by atoms with Gasteiger partial charge < -0.3 is 10.6 Å². The molecule has 2 N–H and O–H groups in total. The number of hydrogen-bond donors (Lipinski definition) is 1. The number of hydrogen-bond acceptors (Lipinski definition) is 2. The maximum Gasteiger partial charge on any atom is 0.231 e. The highest BCUT2D eigenvalue weighted by Gasteiger charge is 2.28. The molecule has 1 aromatic carbocycles. The molecule has 3 nitrogen and oxygen atoms in total. The van der Waals surface area contributed by atoms with Gasteiger partial charge in [0.2, 0.25) is 5.91 Å². The van der Waals surface area contributed by atoms with Gasteiger partial charge in [-0.2, -0.15) is 0 Å². The summed E-state index contributed by atoms with van der Waals surface area (Å²) in [6.07, 6.45) is 4.33. The number of carbonyl (C=O) groups excluding carboxylic acids is 1. The summed E-state index contributed by atoms with van der Waals surface area (Å²) in [5.41, 5.74) is 9.63. The Morgan fingerprint density at radius 3 is 2.82 bits per heavy atom. The monoisotopic (exact) mass is 230 g/mol. The minimum Gasteiger partial charge on any atom is -0.324 e. The van der Waals surface area contributed by atoms with E-state index in [1.165, 1.54) is 24.8 Å². The summed E-state index contributed by atoms with van der Waals surface area (Å²) in [5, 5.41) is 0. The molecule has 0 radical (unpaired) electrons. The van der Waals surface area contributed by atoms with E-state index in [0.717, 1.165) is 11.3 Å². The number of nitrogens with zero attached hydrogens (tertiary/aromatic N) is 1. The lowest BCUT2D eigenvalue weighted by Gasteiger charge is -2.31. The van der Waals surface area contributed by atoms with Crippen LogP contribution >= 0.6 is 0 Å². The Labute approximate surface area is 102 Å². The van der Waals surface area contributed by atoms with Crippen molar-refractivity contribution in [2.75, 3.05) is 11.9 Å². The highest BCUT2D eigenvalue weighted by Crippen LogP contribution is 2.38. The van der Waals surface area contributed by atoms with Crippen LogP contribution in [-0.4, -0.2) is 13.0 Å². The van der Waals surface area contributed by atoms with E-state index >= 15 is 0 Å². The summed E-state index contributed by atoms with van der Waals surface area (Å²) < 4.78 is 0. The Hall–Kier alpha value is -1.35. The zero-order chi connectivity index (χ0) is 12.0. The summed E-state index contributed by atoms with van der Waals surface area (Å²) in [6.45, 7) is 0. The number of fused-ring (bicyclic) bond motifs is 1. The Kier molecular flexibility index (Phi) is 2.44. The largest absolute Gasteiger partial charge is 0.324 e. The normalized spacial score (nSPS) is 21.3. The average Bonchev–Trinajstić information content (AvgIpc) is 2.52. The van der Waals surface area contributed by atoms with Gasteiger partial charge in [0, 0.05) is 18.8 Å². The Bertz CT molecular complexity index is 465. The highest BCUT2D eigenvalue weighted by molar-refractivity contribution is 6.00. The molecule has 3 rings (SSSR count). The topological polar surface area (TPSA) is 46.3 Å². The zero-order valence-corrected chi connectivity index (χ0v) is 10.1. The molecule has 3 heteroatoms. The van der Waals surface area contributed by atoms with Crippen LogP contribution in [0.25, 0.3) is 0 Å². The van der Waals surface area contributed by atoms with Gasteiger partial charge in [0.1, 0.15) is 0 Å². The number of nitrogens with two attached hydrogens (primary N) is 1. The van der Waals surface area contributed by atoms with Crippen LogP contribution < -0.4 is 10.6 Å². The molecular formula is C14H18N2O. The molecule has 0 aromatic heterocycles. The van der Waals surface area contributed by atoms with Crippen LogP contribution in [0.1, 0.15) is 36.4 Å². The minimum absolute atomic E-state index is 0.148. The van der Waals surface area contributed by atoms with E-state index in [1.807, 2.05) is 13.1 Å². The molecule has 0 bridgehead atoms. The van der Waals surface area contributed by atoms with Gasteiger partial charge in [-0.3, -0.25) is 4.79 Å². The van der Waals surface area contributed by atoms with Crippen LogP contribution in [0.3, 0.4) is 0 Å². The van der Waals surface area contributed by atoms with Gasteiger partial charge in [0.05, 0.1) is 6.42 Å². The van der Waals surface area contributed by atoms with Crippen LogP contribution in [0.4, 0.5) is 5.69 Å². The summed E-state index contributed by atoms with van der Waals surface area (Å²) in [6, 6.07) is 6.39. The number of likely N-dealkylation sites (N-methyl/N-ethyl adjacent to an activating group) is 1. The van der Waals surface area contributed by atoms with Crippen molar-refractivity contribution in [2.24, 2.45) is 11.7 Å². The van der Waals surface area contributed by atoms with Crippen molar-refractivity contribution >= 4 is 11.6 Å². The lowest BCUT2D eigenvalue weighted by molar-refractivity contribution is -0.117. The molecule has 17 heavy (non-hydrogen) atoms. The van der Waals surface area contributed by atoms with Crippen molar-refractivity contribution in [1.82, 2.24) is 0 Å². The third kappa shape index (κ3) is 1.65. The molecule has 2 aliphatic rings. The van der Waals surface area contributed by atoms with E-state index in [-0.39, 0.29) is 11.9 Å². The quantitative estimate of drug-likeness (QED) is 0.844. The number of anilines is 1. The van der Waals surface area contributed by atoms with E-state index in [4.69, 9.17) is 5.73 Å². The Balaban J connectivity index is 1.89. The van der Waals surface area contributed by atoms with E-state index in [0.29, 0.717) is 12.3 Å². The van der Waals surface area contributed by atoms with Crippen molar-refractivity contribution in [1.29, 1.82) is 0 Å². The van der Waals surface area contributed by atoms with Crippen LogP contribution in [0.15, 0.2) is 18.2 Å². The smallest absolute Gasteiger partial charge is 0.231 e. The average molecular weight is 230 g/mol. The fourth-order valence-electron chi connectivity index (χ4n) is 2.77. The first-order chi connectivity index (χ1) is 8.16.